The van der Waals surface area contributed by atoms with Gasteiger partial charge >= 0.3 is 0 Å². The molecule has 1 heterocycles. The zero-order valence-electron chi connectivity index (χ0n) is 14.7. The molecule has 9 heteroatoms. The molecular formula is C19H17F3N2O3S. The van der Waals surface area contributed by atoms with Crippen LogP contribution in [0.1, 0.15) is 5.56 Å². The third kappa shape index (κ3) is 4.26. The van der Waals surface area contributed by atoms with E-state index < -0.39 is 33.4 Å². The molecule has 5 nitrogen and oxygen atoms in total. The van der Waals surface area contributed by atoms with Crippen molar-refractivity contribution in [3.63, 3.8) is 0 Å². The molecule has 0 spiro atoms. The molecule has 148 valence electrons. The minimum atomic E-state index is -3.86. The molecule has 3 rings (SSSR count). The minimum Gasteiger partial charge on any atom is -0.337 e. The summed E-state index contributed by atoms with van der Waals surface area (Å²) >= 11 is 0. The third-order valence-corrected chi connectivity index (χ3v) is 6.27. The van der Waals surface area contributed by atoms with Gasteiger partial charge in [-0.05, 0) is 36.4 Å². The van der Waals surface area contributed by atoms with Gasteiger partial charge in [-0.15, -0.1) is 0 Å². The Morgan fingerprint density at radius 1 is 0.929 bits per heavy atom. The van der Waals surface area contributed by atoms with Crippen molar-refractivity contribution in [1.82, 2.24) is 9.21 Å². The lowest BCUT2D eigenvalue weighted by Gasteiger charge is -2.33. The summed E-state index contributed by atoms with van der Waals surface area (Å²) in [5.41, 5.74) is -0.317. The van der Waals surface area contributed by atoms with E-state index in [1.54, 1.807) is 0 Å². The molecule has 0 saturated carbocycles. The summed E-state index contributed by atoms with van der Waals surface area (Å²) in [5.74, 6) is -2.70. The molecule has 1 fully saturated rings. The van der Waals surface area contributed by atoms with E-state index in [1.807, 2.05) is 0 Å². The summed E-state index contributed by atoms with van der Waals surface area (Å²) in [4.78, 5) is 13.5. The molecule has 1 amide bonds. The van der Waals surface area contributed by atoms with Gasteiger partial charge in [-0.2, -0.15) is 4.31 Å². The fourth-order valence-corrected chi connectivity index (χ4v) is 4.31. The van der Waals surface area contributed by atoms with Gasteiger partial charge in [0.05, 0.1) is 4.90 Å². The van der Waals surface area contributed by atoms with E-state index in [0.717, 1.165) is 36.4 Å². The summed E-state index contributed by atoms with van der Waals surface area (Å²) in [6.07, 6.45) is 2.11. The number of piperazine rings is 1. The maximum absolute atomic E-state index is 13.6. The number of carbonyl (C=O) groups excluding carboxylic acids is 1. The Bertz CT molecular complexity index is 997. The van der Waals surface area contributed by atoms with Crippen molar-refractivity contribution in [1.29, 1.82) is 0 Å². The predicted octanol–water partition coefficient (Wildman–Crippen LogP) is 2.65. The lowest BCUT2D eigenvalue weighted by molar-refractivity contribution is -0.127. The molecular weight excluding hydrogens is 393 g/mol. The average molecular weight is 410 g/mol. The molecule has 2 aromatic carbocycles. The van der Waals surface area contributed by atoms with E-state index in [0.29, 0.717) is 0 Å². The van der Waals surface area contributed by atoms with Crippen LogP contribution in [-0.4, -0.2) is 49.7 Å². The normalized spacial score (nSPS) is 15.9. The van der Waals surface area contributed by atoms with E-state index in [2.05, 4.69) is 0 Å². The summed E-state index contributed by atoms with van der Waals surface area (Å²) in [7, 11) is -3.86. The van der Waals surface area contributed by atoms with Crippen LogP contribution in [0.2, 0.25) is 0 Å². The molecule has 0 aromatic heterocycles. The van der Waals surface area contributed by atoms with Crippen molar-refractivity contribution < 1.29 is 26.4 Å². The Labute approximate surface area is 160 Å². The Balaban J connectivity index is 1.65. The van der Waals surface area contributed by atoms with E-state index in [-0.39, 0.29) is 36.6 Å². The molecule has 1 saturated heterocycles. The fraction of sp³-hybridized carbons (Fsp3) is 0.211. The zero-order valence-corrected chi connectivity index (χ0v) is 15.5. The number of sulfonamides is 1. The van der Waals surface area contributed by atoms with Crippen LogP contribution in [-0.2, 0) is 14.8 Å². The number of hydrogen-bond acceptors (Lipinski definition) is 3. The Morgan fingerprint density at radius 2 is 1.54 bits per heavy atom. The third-order valence-electron chi connectivity index (χ3n) is 4.38. The van der Waals surface area contributed by atoms with Crippen LogP contribution in [0, 0.1) is 17.5 Å². The van der Waals surface area contributed by atoms with Crippen molar-refractivity contribution >= 4 is 22.0 Å². The molecule has 0 bridgehead atoms. The molecule has 0 atom stereocenters. The largest absolute Gasteiger partial charge is 0.337 e. The first-order valence-corrected chi connectivity index (χ1v) is 9.90. The van der Waals surface area contributed by atoms with E-state index >= 15 is 0 Å². The molecule has 0 N–H and O–H groups in total. The maximum Gasteiger partial charge on any atom is 0.246 e. The van der Waals surface area contributed by atoms with Crippen LogP contribution in [0.15, 0.2) is 53.4 Å². The SMILES string of the molecule is O=C(C=Cc1c(F)cccc1F)N1CCN(S(=O)(=O)c2cccc(F)c2)CC1. The van der Waals surface area contributed by atoms with Crippen molar-refractivity contribution in [3.05, 3.63) is 71.6 Å². The fourth-order valence-electron chi connectivity index (χ4n) is 2.86. The average Bonchev–Trinajstić information content (AvgIpc) is 2.67. The smallest absolute Gasteiger partial charge is 0.246 e. The highest BCUT2D eigenvalue weighted by Crippen LogP contribution is 2.19. The Morgan fingerprint density at radius 3 is 2.14 bits per heavy atom. The topological polar surface area (TPSA) is 57.7 Å². The molecule has 0 aliphatic carbocycles. The van der Waals surface area contributed by atoms with Crippen LogP contribution < -0.4 is 0 Å². The summed E-state index contributed by atoms with van der Waals surface area (Å²) in [6.45, 7) is 0.286. The number of amides is 1. The first kappa shape index (κ1) is 20.1. The van der Waals surface area contributed by atoms with Crippen LogP contribution in [0.3, 0.4) is 0 Å². The molecule has 28 heavy (non-hydrogen) atoms. The second-order valence-corrected chi connectivity index (χ2v) is 8.09. The van der Waals surface area contributed by atoms with Crippen molar-refractivity contribution in [2.24, 2.45) is 0 Å². The highest BCUT2D eigenvalue weighted by molar-refractivity contribution is 7.89. The molecule has 2 aromatic rings. The lowest BCUT2D eigenvalue weighted by Crippen LogP contribution is -2.50. The van der Waals surface area contributed by atoms with Crippen LogP contribution in [0.4, 0.5) is 13.2 Å². The van der Waals surface area contributed by atoms with Gasteiger partial charge in [-0.25, -0.2) is 21.6 Å². The number of benzene rings is 2. The van der Waals surface area contributed by atoms with Gasteiger partial charge in [0, 0.05) is 37.8 Å². The summed E-state index contributed by atoms with van der Waals surface area (Å²) in [6, 6.07) is 8.11. The molecule has 0 radical (unpaired) electrons. The van der Waals surface area contributed by atoms with Gasteiger partial charge in [0.1, 0.15) is 17.5 Å². The first-order valence-electron chi connectivity index (χ1n) is 8.46. The van der Waals surface area contributed by atoms with Gasteiger partial charge in [-0.1, -0.05) is 12.1 Å². The van der Waals surface area contributed by atoms with Gasteiger partial charge in [0.25, 0.3) is 0 Å². The minimum absolute atomic E-state index is 0.0342. The quantitative estimate of drug-likeness (QED) is 0.729. The number of rotatable bonds is 4. The van der Waals surface area contributed by atoms with Crippen molar-refractivity contribution in [2.45, 2.75) is 4.90 Å². The van der Waals surface area contributed by atoms with E-state index in [9.17, 15) is 26.4 Å². The lowest BCUT2D eigenvalue weighted by atomic mass is 10.2. The highest BCUT2D eigenvalue weighted by Gasteiger charge is 2.29. The predicted molar refractivity (Wildman–Crippen MR) is 97.1 cm³/mol. The van der Waals surface area contributed by atoms with E-state index in [4.69, 9.17) is 0 Å². The van der Waals surface area contributed by atoms with Gasteiger partial charge in [0.2, 0.25) is 15.9 Å². The highest BCUT2D eigenvalue weighted by atomic mass is 32.2. The standard InChI is InChI=1S/C19H17F3N2O3S/c20-14-3-1-4-15(13-14)28(26,27)24-11-9-23(10-12-24)19(25)8-7-16-17(21)5-2-6-18(16)22/h1-8,13H,9-12H2. The van der Waals surface area contributed by atoms with Crippen LogP contribution in [0.25, 0.3) is 6.08 Å². The first-order chi connectivity index (χ1) is 13.3. The zero-order chi connectivity index (χ0) is 20.3. The summed E-state index contributed by atoms with van der Waals surface area (Å²) < 4.78 is 66.8. The van der Waals surface area contributed by atoms with Gasteiger partial charge in [0.15, 0.2) is 0 Å². The second kappa shape index (κ2) is 8.15. The maximum atomic E-state index is 13.6. The van der Waals surface area contributed by atoms with Crippen molar-refractivity contribution in [3.8, 4) is 0 Å². The number of hydrogen-bond donors (Lipinski definition) is 0. The number of halogens is 3. The Kier molecular flexibility index (Phi) is 5.85. The second-order valence-electron chi connectivity index (χ2n) is 6.16. The van der Waals surface area contributed by atoms with Gasteiger partial charge in [-0.3, -0.25) is 4.79 Å². The number of carbonyl (C=O) groups is 1. The van der Waals surface area contributed by atoms with Gasteiger partial charge < -0.3 is 4.90 Å². The van der Waals surface area contributed by atoms with Crippen LogP contribution >= 0.6 is 0 Å². The Hall–Kier alpha value is -2.65. The molecule has 1 aliphatic rings. The molecule has 0 unspecified atom stereocenters. The monoisotopic (exact) mass is 410 g/mol. The number of nitrogens with zero attached hydrogens (tertiary/aromatic N) is 2. The molecule has 1 aliphatic heterocycles. The summed E-state index contributed by atoms with van der Waals surface area (Å²) in [5, 5.41) is 0. The van der Waals surface area contributed by atoms with Crippen LogP contribution in [0.5, 0.6) is 0 Å². The van der Waals surface area contributed by atoms with Crippen molar-refractivity contribution in [2.75, 3.05) is 26.2 Å². The van der Waals surface area contributed by atoms with E-state index in [1.165, 1.54) is 27.4 Å².